The van der Waals surface area contributed by atoms with Crippen molar-refractivity contribution >= 4 is 0 Å². The minimum Gasteiger partial charge on any atom is -0.330 e. The maximum atomic E-state index is 8.78. The second-order valence-corrected chi connectivity index (χ2v) is 4.74. The molecule has 18 heavy (non-hydrogen) atoms. The number of aromatic nitrogens is 2. The highest BCUT2D eigenvalue weighted by Crippen LogP contribution is 2.27. The van der Waals surface area contributed by atoms with Crippen LogP contribution < -0.4 is 0 Å². The van der Waals surface area contributed by atoms with Crippen LogP contribution in [0.15, 0.2) is 18.3 Å². The van der Waals surface area contributed by atoms with E-state index >= 15 is 0 Å². The van der Waals surface area contributed by atoms with Gasteiger partial charge < -0.3 is 4.57 Å². The van der Waals surface area contributed by atoms with Crippen molar-refractivity contribution in [1.82, 2.24) is 9.55 Å². The predicted octanol–water partition coefficient (Wildman–Crippen LogP) is 3.08. The fourth-order valence-electron chi connectivity index (χ4n) is 2.46. The molecule has 1 heterocycles. The molecule has 2 rings (SSSR count). The van der Waals surface area contributed by atoms with E-state index in [2.05, 4.69) is 44.0 Å². The van der Waals surface area contributed by atoms with Crippen LogP contribution in [0.3, 0.4) is 0 Å². The zero-order valence-corrected chi connectivity index (χ0v) is 11.3. The van der Waals surface area contributed by atoms with Crippen molar-refractivity contribution in [3.8, 4) is 17.5 Å². The lowest BCUT2D eigenvalue weighted by Crippen LogP contribution is -2.00. The molecule has 0 saturated heterocycles. The van der Waals surface area contributed by atoms with Gasteiger partial charge in [0.05, 0.1) is 18.2 Å². The van der Waals surface area contributed by atoms with Crippen LogP contribution in [-0.4, -0.2) is 9.55 Å². The Balaban J connectivity index is 2.60. The van der Waals surface area contributed by atoms with Gasteiger partial charge in [0.25, 0.3) is 0 Å². The standard InChI is InChI=1S/C15H17N3/c1-10-7-11(2)14(12(3)8-10)15-17-9-13(5-6-16)18(15)4/h7-9H,5H2,1-4H3. The molecule has 0 amide bonds. The van der Waals surface area contributed by atoms with Crippen LogP contribution in [-0.2, 0) is 13.5 Å². The smallest absolute Gasteiger partial charge is 0.140 e. The summed E-state index contributed by atoms with van der Waals surface area (Å²) >= 11 is 0. The number of nitrogens with zero attached hydrogens (tertiary/aromatic N) is 3. The minimum atomic E-state index is 0.396. The second-order valence-electron chi connectivity index (χ2n) is 4.74. The van der Waals surface area contributed by atoms with Crippen molar-refractivity contribution in [2.75, 3.05) is 0 Å². The number of aryl methyl sites for hydroxylation is 3. The third-order valence-electron chi connectivity index (χ3n) is 3.25. The van der Waals surface area contributed by atoms with E-state index in [1.807, 2.05) is 11.6 Å². The number of hydrogen-bond donors (Lipinski definition) is 0. The molecule has 92 valence electrons. The molecule has 0 spiro atoms. The van der Waals surface area contributed by atoms with Gasteiger partial charge in [-0.2, -0.15) is 5.26 Å². The SMILES string of the molecule is Cc1cc(C)c(-c2ncc(CC#N)n2C)c(C)c1. The average Bonchev–Trinajstić information content (AvgIpc) is 2.61. The quantitative estimate of drug-likeness (QED) is 0.808. The number of hydrogen-bond acceptors (Lipinski definition) is 2. The maximum Gasteiger partial charge on any atom is 0.140 e. The van der Waals surface area contributed by atoms with E-state index in [4.69, 9.17) is 5.26 Å². The first-order valence-electron chi connectivity index (χ1n) is 6.00. The van der Waals surface area contributed by atoms with Crippen molar-refractivity contribution < 1.29 is 0 Å². The molecule has 0 unspecified atom stereocenters. The summed E-state index contributed by atoms with van der Waals surface area (Å²) in [5, 5.41) is 8.78. The monoisotopic (exact) mass is 239 g/mol. The summed E-state index contributed by atoms with van der Waals surface area (Å²) in [6, 6.07) is 6.50. The Kier molecular flexibility index (Phi) is 3.20. The van der Waals surface area contributed by atoms with Gasteiger partial charge in [0, 0.05) is 18.8 Å². The molecule has 3 heteroatoms. The number of benzene rings is 1. The third kappa shape index (κ3) is 2.02. The molecule has 3 nitrogen and oxygen atoms in total. The summed E-state index contributed by atoms with van der Waals surface area (Å²) in [5.74, 6) is 0.940. The number of nitriles is 1. The lowest BCUT2D eigenvalue weighted by molar-refractivity contribution is 0.862. The zero-order valence-electron chi connectivity index (χ0n) is 11.3. The van der Waals surface area contributed by atoms with Crippen LogP contribution in [0.4, 0.5) is 0 Å². The molecule has 0 aliphatic rings. The van der Waals surface area contributed by atoms with E-state index in [0.717, 1.165) is 11.5 Å². The molecule has 0 saturated carbocycles. The van der Waals surface area contributed by atoms with Crippen LogP contribution >= 0.6 is 0 Å². The van der Waals surface area contributed by atoms with Gasteiger partial charge in [0.2, 0.25) is 0 Å². The Labute approximate surface area is 108 Å². The van der Waals surface area contributed by atoms with Crippen molar-refractivity contribution in [2.45, 2.75) is 27.2 Å². The second kappa shape index (κ2) is 4.66. The molecule has 0 fully saturated rings. The highest BCUT2D eigenvalue weighted by Gasteiger charge is 2.13. The molecule has 1 aromatic heterocycles. The summed E-state index contributed by atoms with van der Waals surface area (Å²) in [5.41, 5.74) is 5.84. The molecule has 0 atom stereocenters. The highest BCUT2D eigenvalue weighted by atomic mass is 15.1. The molecule has 0 aliphatic carbocycles. The molecule has 0 N–H and O–H groups in total. The summed E-state index contributed by atoms with van der Waals surface area (Å²) < 4.78 is 2.01. The van der Waals surface area contributed by atoms with E-state index < -0.39 is 0 Å². The van der Waals surface area contributed by atoms with Gasteiger partial charge in [-0.15, -0.1) is 0 Å². The van der Waals surface area contributed by atoms with E-state index in [1.54, 1.807) is 6.20 Å². The normalized spacial score (nSPS) is 10.4. The Hall–Kier alpha value is -2.08. The van der Waals surface area contributed by atoms with E-state index in [9.17, 15) is 0 Å². The van der Waals surface area contributed by atoms with Crippen LogP contribution in [0, 0.1) is 32.1 Å². The number of imidazole rings is 1. The molecule has 0 aliphatic heterocycles. The van der Waals surface area contributed by atoms with Crippen LogP contribution in [0.2, 0.25) is 0 Å². The summed E-state index contributed by atoms with van der Waals surface area (Å²) in [6.07, 6.45) is 2.19. The third-order valence-corrected chi connectivity index (χ3v) is 3.25. The molecule has 0 radical (unpaired) electrons. The highest BCUT2D eigenvalue weighted by molar-refractivity contribution is 5.66. The van der Waals surface area contributed by atoms with Crippen molar-refractivity contribution in [1.29, 1.82) is 5.26 Å². The zero-order chi connectivity index (χ0) is 13.3. The molecular weight excluding hydrogens is 222 g/mol. The molecule has 1 aromatic carbocycles. The van der Waals surface area contributed by atoms with Crippen molar-refractivity contribution in [3.63, 3.8) is 0 Å². The summed E-state index contributed by atoms with van der Waals surface area (Å²) in [6.45, 7) is 6.31. The topological polar surface area (TPSA) is 41.6 Å². The largest absolute Gasteiger partial charge is 0.330 e. The summed E-state index contributed by atoms with van der Waals surface area (Å²) in [7, 11) is 1.97. The van der Waals surface area contributed by atoms with Crippen LogP contribution in [0.5, 0.6) is 0 Å². The lowest BCUT2D eigenvalue weighted by Gasteiger charge is -2.11. The van der Waals surface area contributed by atoms with Crippen LogP contribution in [0.25, 0.3) is 11.4 Å². The minimum absolute atomic E-state index is 0.396. The van der Waals surface area contributed by atoms with Gasteiger partial charge >= 0.3 is 0 Å². The predicted molar refractivity (Wildman–Crippen MR) is 72.2 cm³/mol. The Morgan fingerprint density at radius 1 is 1.22 bits per heavy atom. The fraction of sp³-hybridized carbons (Fsp3) is 0.333. The Bertz CT molecular complexity index is 607. The van der Waals surface area contributed by atoms with Gasteiger partial charge in [-0.25, -0.2) is 4.98 Å². The van der Waals surface area contributed by atoms with Gasteiger partial charge in [-0.1, -0.05) is 17.7 Å². The van der Waals surface area contributed by atoms with E-state index in [-0.39, 0.29) is 0 Å². The number of rotatable bonds is 2. The van der Waals surface area contributed by atoms with Gasteiger partial charge in [-0.05, 0) is 31.9 Å². The first kappa shape index (κ1) is 12.4. The Morgan fingerprint density at radius 2 is 1.83 bits per heavy atom. The van der Waals surface area contributed by atoms with E-state index in [1.165, 1.54) is 22.3 Å². The van der Waals surface area contributed by atoms with E-state index in [0.29, 0.717) is 6.42 Å². The molecule has 2 aromatic rings. The van der Waals surface area contributed by atoms with Gasteiger partial charge in [0.15, 0.2) is 0 Å². The Morgan fingerprint density at radius 3 is 2.39 bits per heavy atom. The first-order valence-corrected chi connectivity index (χ1v) is 6.00. The van der Waals surface area contributed by atoms with Crippen molar-refractivity contribution in [2.24, 2.45) is 7.05 Å². The van der Waals surface area contributed by atoms with Crippen LogP contribution in [0.1, 0.15) is 22.4 Å². The van der Waals surface area contributed by atoms with Gasteiger partial charge in [0.1, 0.15) is 5.82 Å². The summed E-state index contributed by atoms with van der Waals surface area (Å²) in [4.78, 5) is 4.47. The molecule has 0 bridgehead atoms. The average molecular weight is 239 g/mol. The first-order chi connectivity index (χ1) is 8.54. The lowest BCUT2D eigenvalue weighted by atomic mass is 9.99. The van der Waals surface area contributed by atoms with Gasteiger partial charge in [-0.3, -0.25) is 0 Å². The van der Waals surface area contributed by atoms with Crippen molar-refractivity contribution in [3.05, 3.63) is 40.7 Å². The fourth-order valence-corrected chi connectivity index (χ4v) is 2.46. The maximum absolute atomic E-state index is 8.78. The molecular formula is C15H17N3.